The Hall–Kier alpha value is -2.83. The fourth-order valence-electron chi connectivity index (χ4n) is 3.46. The first kappa shape index (κ1) is 17.6. The van der Waals surface area contributed by atoms with Crippen LogP contribution in [0.5, 0.6) is 11.5 Å². The first-order chi connectivity index (χ1) is 13.1. The molecule has 1 saturated heterocycles. The van der Waals surface area contributed by atoms with Crippen LogP contribution in [0.15, 0.2) is 36.4 Å². The van der Waals surface area contributed by atoms with E-state index in [0.717, 1.165) is 25.0 Å². The fourth-order valence-corrected chi connectivity index (χ4v) is 3.46. The van der Waals surface area contributed by atoms with Gasteiger partial charge < -0.3 is 19.7 Å². The van der Waals surface area contributed by atoms with Crippen molar-refractivity contribution >= 4 is 11.6 Å². The summed E-state index contributed by atoms with van der Waals surface area (Å²) in [6, 6.07) is 8.91. The van der Waals surface area contributed by atoms with E-state index in [2.05, 4.69) is 5.32 Å². The molecule has 0 spiro atoms. The number of fused-ring (bicyclic) bond motifs is 1. The fraction of sp³-hybridized carbons (Fsp3) is 0.350. The Morgan fingerprint density at radius 1 is 1.04 bits per heavy atom. The highest BCUT2D eigenvalue weighted by atomic mass is 19.2. The number of rotatable bonds is 3. The van der Waals surface area contributed by atoms with E-state index >= 15 is 0 Å². The van der Waals surface area contributed by atoms with Gasteiger partial charge in [-0.3, -0.25) is 4.79 Å². The molecule has 2 aliphatic heterocycles. The van der Waals surface area contributed by atoms with Crippen LogP contribution in [0.4, 0.5) is 14.5 Å². The molecule has 0 aromatic heterocycles. The summed E-state index contributed by atoms with van der Waals surface area (Å²) in [7, 11) is 0. The van der Waals surface area contributed by atoms with Crippen LogP contribution in [-0.2, 0) is 0 Å². The number of benzene rings is 2. The third-order valence-corrected chi connectivity index (χ3v) is 4.79. The minimum Gasteiger partial charge on any atom is -0.486 e. The monoisotopic (exact) mass is 374 g/mol. The first-order valence-corrected chi connectivity index (χ1v) is 9.00. The molecule has 0 radical (unpaired) electrons. The summed E-state index contributed by atoms with van der Waals surface area (Å²) >= 11 is 0. The molecule has 2 aromatic rings. The maximum atomic E-state index is 13.4. The highest BCUT2D eigenvalue weighted by Gasteiger charge is 2.26. The summed E-state index contributed by atoms with van der Waals surface area (Å²) in [6.45, 7) is 2.12. The average molecular weight is 374 g/mol. The second-order valence-corrected chi connectivity index (χ2v) is 6.72. The Kier molecular flexibility index (Phi) is 4.83. The van der Waals surface area contributed by atoms with Crippen molar-refractivity contribution in [2.24, 2.45) is 0 Å². The lowest BCUT2D eigenvalue weighted by atomic mass is 10.0. The topological polar surface area (TPSA) is 50.8 Å². The lowest BCUT2D eigenvalue weighted by Gasteiger charge is -2.34. The summed E-state index contributed by atoms with van der Waals surface area (Å²) in [5.74, 6) is -0.613. The molecule has 1 atom stereocenters. The number of carbonyl (C=O) groups excluding carboxylic acids is 1. The van der Waals surface area contributed by atoms with Crippen LogP contribution in [-0.4, -0.2) is 43.2 Å². The Morgan fingerprint density at radius 2 is 1.85 bits per heavy atom. The van der Waals surface area contributed by atoms with Gasteiger partial charge in [-0.2, -0.15) is 0 Å². The smallest absolute Gasteiger partial charge is 0.254 e. The number of hydrogen-bond acceptors (Lipinski definition) is 4. The number of piperidine rings is 1. The van der Waals surface area contributed by atoms with E-state index in [1.807, 2.05) is 0 Å². The lowest BCUT2D eigenvalue weighted by molar-refractivity contribution is 0.0713. The molecule has 2 aliphatic rings. The molecule has 7 heteroatoms. The van der Waals surface area contributed by atoms with E-state index in [4.69, 9.17) is 9.47 Å². The maximum absolute atomic E-state index is 13.4. The standard InChI is InChI=1S/C20H20F2N2O3/c21-16-5-4-14(11-17(16)22)23-15-2-1-7-24(12-15)20(25)13-3-6-18-19(10-13)27-9-8-26-18/h3-6,10-11,15,23H,1-2,7-9,12H2/t15-/m0/s1. The van der Waals surface area contributed by atoms with E-state index in [0.29, 0.717) is 49.1 Å². The molecule has 0 unspecified atom stereocenters. The van der Waals surface area contributed by atoms with Crippen LogP contribution in [0.2, 0.25) is 0 Å². The maximum Gasteiger partial charge on any atom is 0.254 e. The minimum absolute atomic E-state index is 0.0234. The van der Waals surface area contributed by atoms with Crippen molar-refractivity contribution in [2.45, 2.75) is 18.9 Å². The van der Waals surface area contributed by atoms with Crippen molar-refractivity contribution in [1.82, 2.24) is 4.90 Å². The Morgan fingerprint density at radius 3 is 2.67 bits per heavy atom. The Labute approximate surface area is 155 Å². The molecule has 5 nitrogen and oxygen atoms in total. The van der Waals surface area contributed by atoms with E-state index in [-0.39, 0.29) is 11.9 Å². The zero-order valence-electron chi connectivity index (χ0n) is 14.7. The molecule has 142 valence electrons. The molecule has 0 bridgehead atoms. The third-order valence-electron chi connectivity index (χ3n) is 4.79. The number of ether oxygens (including phenoxy) is 2. The summed E-state index contributed by atoms with van der Waals surface area (Å²) in [5.41, 5.74) is 1.06. The predicted molar refractivity (Wildman–Crippen MR) is 96.3 cm³/mol. The number of likely N-dealkylation sites (tertiary alicyclic amines) is 1. The lowest BCUT2D eigenvalue weighted by Crippen LogP contribution is -2.45. The van der Waals surface area contributed by atoms with E-state index in [1.165, 1.54) is 6.07 Å². The number of carbonyl (C=O) groups is 1. The van der Waals surface area contributed by atoms with Crippen LogP contribution >= 0.6 is 0 Å². The van der Waals surface area contributed by atoms with E-state index in [1.54, 1.807) is 23.1 Å². The molecule has 1 N–H and O–H groups in total. The van der Waals surface area contributed by atoms with Crippen LogP contribution in [0.1, 0.15) is 23.2 Å². The molecule has 0 aliphatic carbocycles. The highest BCUT2D eigenvalue weighted by molar-refractivity contribution is 5.95. The highest BCUT2D eigenvalue weighted by Crippen LogP contribution is 2.31. The number of nitrogens with zero attached hydrogens (tertiary/aromatic N) is 1. The van der Waals surface area contributed by atoms with Gasteiger partial charge in [-0.15, -0.1) is 0 Å². The summed E-state index contributed by atoms with van der Waals surface area (Å²) in [6.07, 6.45) is 1.68. The molecule has 0 saturated carbocycles. The average Bonchev–Trinajstić information content (AvgIpc) is 2.70. The second kappa shape index (κ2) is 7.42. The van der Waals surface area contributed by atoms with Gasteiger partial charge >= 0.3 is 0 Å². The zero-order chi connectivity index (χ0) is 18.8. The van der Waals surface area contributed by atoms with Crippen molar-refractivity contribution in [1.29, 1.82) is 0 Å². The van der Waals surface area contributed by atoms with Gasteiger partial charge in [0.2, 0.25) is 0 Å². The zero-order valence-corrected chi connectivity index (χ0v) is 14.7. The Balaban J connectivity index is 1.44. The van der Waals surface area contributed by atoms with Gasteiger partial charge in [0.15, 0.2) is 23.1 Å². The number of amides is 1. The van der Waals surface area contributed by atoms with Gasteiger partial charge in [0.05, 0.1) is 0 Å². The summed E-state index contributed by atoms with van der Waals surface area (Å²) in [5, 5.41) is 3.19. The van der Waals surface area contributed by atoms with Crippen LogP contribution in [0.25, 0.3) is 0 Å². The van der Waals surface area contributed by atoms with Gasteiger partial charge in [0, 0.05) is 36.4 Å². The van der Waals surface area contributed by atoms with Crippen LogP contribution in [0, 0.1) is 11.6 Å². The SMILES string of the molecule is O=C(c1ccc2c(c1)OCCO2)N1CCC[C@H](Nc2ccc(F)c(F)c2)C1. The molecule has 1 amide bonds. The summed E-state index contributed by atoms with van der Waals surface area (Å²) < 4.78 is 37.5. The van der Waals surface area contributed by atoms with E-state index < -0.39 is 11.6 Å². The molecule has 27 heavy (non-hydrogen) atoms. The quantitative estimate of drug-likeness (QED) is 0.894. The van der Waals surface area contributed by atoms with Crippen molar-refractivity contribution in [3.63, 3.8) is 0 Å². The molecule has 4 rings (SSSR count). The van der Waals surface area contributed by atoms with Crippen LogP contribution < -0.4 is 14.8 Å². The van der Waals surface area contributed by atoms with Gasteiger partial charge in [-0.25, -0.2) is 8.78 Å². The number of nitrogens with one attached hydrogen (secondary N) is 1. The first-order valence-electron chi connectivity index (χ1n) is 9.00. The molecule has 2 aromatic carbocycles. The second-order valence-electron chi connectivity index (χ2n) is 6.72. The number of anilines is 1. The number of halogens is 2. The summed E-state index contributed by atoms with van der Waals surface area (Å²) in [4.78, 5) is 14.6. The number of hydrogen-bond donors (Lipinski definition) is 1. The van der Waals surface area contributed by atoms with Crippen LogP contribution in [0.3, 0.4) is 0 Å². The van der Waals surface area contributed by atoms with E-state index in [9.17, 15) is 13.6 Å². The van der Waals surface area contributed by atoms with Crippen molar-refractivity contribution in [3.05, 3.63) is 53.6 Å². The van der Waals surface area contributed by atoms with Crippen molar-refractivity contribution in [2.75, 3.05) is 31.6 Å². The molecular weight excluding hydrogens is 354 g/mol. The molecular formula is C20H20F2N2O3. The van der Waals surface area contributed by atoms with Gasteiger partial charge in [0.25, 0.3) is 5.91 Å². The largest absolute Gasteiger partial charge is 0.486 e. The Bertz CT molecular complexity index is 859. The van der Waals surface area contributed by atoms with Crippen molar-refractivity contribution < 1.29 is 23.0 Å². The van der Waals surface area contributed by atoms with Gasteiger partial charge in [-0.05, 0) is 43.2 Å². The van der Waals surface area contributed by atoms with Crippen molar-refractivity contribution in [3.8, 4) is 11.5 Å². The predicted octanol–water partition coefficient (Wildman–Crippen LogP) is 3.45. The van der Waals surface area contributed by atoms with Gasteiger partial charge in [-0.1, -0.05) is 0 Å². The normalized spacial score (nSPS) is 18.9. The van der Waals surface area contributed by atoms with Gasteiger partial charge in [0.1, 0.15) is 13.2 Å². The molecule has 2 heterocycles. The minimum atomic E-state index is -0.889. The third kappa shape index (κ3) is 3.82. The molecule has 1 fully saturated rings.